The van der Waals surface area contributed by atoms with Gasteiger partial charge in [-0.05, 0) is 45.7 Å². The fraction of sp³-hybridized carbons (Fsp3) is 0.448. The number of piperazine rings is 1. The number of aliphatic hydroxyl groups is 2. The number of aromatic nitrogens is 5. The number of hydrogen-bond acceptors (Lipinski definition) is 8. The minimum Gasteiger partial charge on any atom is -0.387 e. The monoisotopic (exact) mass is 549 g/mol. The molecule has 1 aromatic carbocycles. The summed E-state index contributed by atoms with van der Waals surface area (Å²) in [5.41, 5.74) is 0.396. The smallest absolute Gasteiger partial charge is 0.156 e. The van der Waals surface area contributed by atoms with Crippen molar-refractivity contribution >= 4 is 16.9 Å². The van der Waals surface area contributed by atoms with Crippen molar-refractivity contribution in [2.45, 2.75) is 57.4 Å². The highest BCUT2D eigenvalue weighted by Crippen LogP contribution is 2.37. The number of benzene rings is 1. The molecular weight excluding hydrogens is 516 g/mol. The second-order valence-electron chi connectivity index (χ2n) is 11.5. The average Bonchev–Trinajstić information content (AvgIpc) is 3.65. The van der Waals surface area contributed by atoms with Crippen LogP contribution in [0, 0.1) is 11.6 Å². The summed E-state index contributed by atoms with van der Waals surface area (Å²) >= 11 is 0. The molecule has 2 N–H and O–H groups in total. The van der Waals surface area contributed by atoms with Gasteiger partial charge in [-0.15, -0.1) is 0 Å². The van der Waals surface area contributed by atoms with Gasteiger partial charge in [0.05, 0.1) is 35.2 Å². The van der Waals surface area contributed by atoms with Crippen molar-refractivity contribution in [2.75, 3.05) is 31.1 Å². The Hall–Kier alpha value is -3.54. The van der Waals surface area contributed by atoms with E-state index in [-0.39, 0.29) is 0 Å². The van der Waals surface area contributed by atoms with E-state index in [4.69, 9.17) is 9.97 Å². The number of anilines is 1. The zero-order valence-corrected chi connectivity index (χ0v) is 22.8. The molecule has 11 heteroatoms. The van der Waals surface area contributed by atoms with Gasteiger partial charge in [0.2, 0.25) is 0 Å². The van der Waals surface area contributed by atoms with Crippen molar-refractivity contribution < 1.29 is 19.0 Å². The van der Waals surface area contributed by atoms with Gasteiger partial charge in [0.1, 0.15) is 28.4 Å². The molecule has 40 heavy (non-hydrogen) atoms. The van der Waals surface area contributed by atoms with E-state index >= 15 is 0 Å². The van der Waals surface area contributed by atoms with Crippen LogP contribution in [0.2, 0.25) is 0 Å². The zero-order valence-electron chi connectivity index (χ0n) is 22.8. The Morgan fingerprint density at radius 2 is 1.70 bits per heavy atom. The summed E-state index contributed by atoms with van der Waals surface area (Å²) in [6, 6.07) is 5.79. The molecule has 210 valence electrons. The summed E-state index contributed by atoms with van der Waals surface area (Å²) in [7, 11) is 0. The maximum Gasteiger partial charge on any atom is 0.156 e. The van der Waals surface area contributed by atoms with E-state index in [9.17, 15) is 19.0 Å². The van der Waals surface area contributed by atoms with Crippen LogP contribution in [-0.2, 0) is 12.1 Å². The molecule has 4 heterocycles. The largest absolute Gasteiger partial charge is 0.387 e. The maximum absolute atomic E-state index is 14.2. The Kier molecular flexibility index (Phi) is 6.55. The standard InChI is InChI=1S/C29H33F2N7O2/c1-28(2,39)29(3,40)25-13-23-24(15-32-25)35-27(26(34-23)19-14-33-38(17-19)21-6-7-21)37-10-8-36(9-11-37)16-18-4-5-20(30)12-22(18)31/h4-5,12-15,17,21,39-40H,6-11,16H2,1-3H3. The molecule has 1 aliphatic carbocycles. The lowest BCUT2D eigenvalue weighted by Gasteiger charge is -2.36. The van der Waals surface area contributed by atoms with Gasteiger partial charge in [0, 0.05) is 56.1 Å². The van der Waals surface area contributed by atoms with Gasteiger partial charge in [0.25, 0.3) is 0 Å². The molecule has 1 aliphatic heterocycles. The molecule has 0 bridgehead atoms. The van der Waals surface area contributed by atoms with E-state index < -0.39 is 22.8 Å². The van der Waals surface area contributed by atoms with Gasteiger partial charge in [0.15, 0.2) is 5.82 Å². The van der Waals surface area contributed by atoms with Crippen LogP contribution in [0.15, 0.2) is 42.9 Å². The van der Waals surface area contributed by atoms with E-state index in [1.54, 1.807) is 18.5 Å². The highest BCUT2D eigenvalue weighted by molar-refractivity contribution is 5.83. The van der Waals surface area contributed by atoms with E-state index in [0.717, 1.165) is 24.5 Å². The first kappa shape index (κ1) is 26.7. The molecule has 1 atom stereocenters. The highest BCUT2D eigenvalue weighted by Gasteiger charge is 2.41. The Balaban J connectivity index is 1.32. The lowest BCUT2D eigenvalue weighted by atomic mass is 9.84. The fourth-order valence-electron chi connectivity index (χ4n) is 4.95. The predicted octanol–water partition coefficient (Wildman–Crippen LogP) is 3.80. The number of pyridine rings is 1. The Morgan fingerprint density at radius 3 is 2.38 bits per heavy atom. The van der Waals surface area contributed by atoms with E-state index in [0.29, 0.717) is 72.6 Å². The average molecular weight is 550 g/mol. The molecule has 4 aromatic rings. The molecule has 1 unspecified atom stereocenters. The molecular formula is C29H33F2N7O2. The third kappa shape index (κ3) is 5.04. The van der Waals surface area contributed by atoms with Crippen LogP contribution in [0.1, 0.15) is 50.9 Å². The molecule has 2 aliphatic rings. The van der Waals surface area contributed by atoms with Crippen molar-refractivity contribution in [3.8, 4) is 11.3 Å². The zero-order chi connectivity index (χ0) is 28.2. The van der Waals surface area contributed by atoms with Gasteiger partial charge in [-0.1, -0.05) is 6.07 Å². The molecule has 1 saturated heterocycles. The lowest BCUT2D eigenvalue weighted by molar-refractivity contribution is -0.127. The van der Waals surface area contributed by atoms with Gasteiger partial charge in [-0.3, -0.25) is 14.6 Å². The Labute approximate surface area is 231 Å². The number of rotatable bonds is 7. The molecule has 2 fully saturated rings. The minimum absolute atomic E-state index is 0.302. The van der Waals surface area contributed by atoms with E-state index in [1.165, 1.54) is 32.9 Å². The third-order valence-electron chi connectivity index (χ3n) is 8.10. The Morgan fingerprint density at radius 1 is 0.950 bits per heavy atom. The van der Waals surface area contributed by atoms with Crippen LogP contribution in [-0.4, -0.2) is 71.6 Å². The first-order valence-electron chi connectivity index (χ1n) is 13.6. The lowest BCUT2D eigenvalue weighted by Crippen LogP contribution is -2.46. The topological polar surface area (TPSA) is 103 Å². The van der Waals surface area contributed by atoms with Crippen LogP contribution in [0.25, 0.3) is 22.3 Å². The molecule has 9 nitrogen and oxygen atoms in total. The third-order valence-corrected chi connectivity index (χ3v) is 8.10. The summed E-state index contributed by atoms with van der Waals surface area (Å²) in [4.78, 5) is 18.7. The van der Waals surface area contributed by atoms with Gasteiger partial charge < -0.3 is 15.1 Å². The van der Waals surface area contributed by atoms with Crippen LogP contribution < -0.4 is 4.90 Å². The first-order valence-corrected chi connectivity index (χ1v) is 13.6. The number of nitrogens with zero attached hydrogens (tertiary/aromatic N) is 7. The van der Waals surface area contributed by atoms with Crippen LogP contribution >= 0.6 is 0 Å². The van der Waals surface area contributed by atoms with Gasteiger partial charge >= 0.3 is 0 Å². The molecule has 6 rings (SSSR count). The van der Waals surface area contributed by atoms with E-state index in [1.807, 2.05) is 10.9 Å². The second-order valence-corrected chi connectivity index (χ2v) is 11.5. The van der Waals surface area contributed by atoms with Crippen molar-refractivity contribution in [1.82, 2.24) is 29.6 Å². The predicted molar refractivity (Wildman–Crippen MR) is 147 cm³/mol. The van der Waals surface area contributed by atoms with Gasteiger partial charge in [-0.2, -0.15) is 5.10 Å². The summed E-state index contributed by atoms with van der Waals surface area (Å²) < 4.78 is 29.5. The Bertz CT molecular complexity index is 1550. The van der Waals surface area contributed by atoms with Crippen molar-refractivity contribution in [3.63, 3.8) is 0 Å². The van der Waals surface area contributed by atoms with Crippen LogP contribution in [0.4, 0.5) is 14.6 Å². The first-order chi connectivity index (χ1) is 19.0. The fourth-order valence-corrected chi connectivity index (χ4v) is 4.95. The van der Waals surface area contributed by atoms with E-state index in [2.05, 4.69) is 19.9 Å². The number of hydrogen-bond donors (Lipinski definition) is 2. The summed E-state index contributed by atoms with van der Waals surface area (Å²) in [6.45, 7) is 7.63. The van der Waals surface area contributed by atoms with Crippen LogP contribution in [0.3, 0.4) is 0 Å². The normalized spacial score (nSPS) is 18.3. The summed E-state index contributed by atoms with van der Waals surface area (Å²) in [5, 5.41) is 26.1. The van der Waals surface area contributed by atoms with Crippen LogP contribution in [0.5, 0.6) is 0 Å². The van der Waals surface area contributed by atoms with Crippen molar-refractivity contribution in [1.29, 1.82) is 0 Å². The molecule has 1 saturated carbocycles. The SMILES string of the molecule is CC(C)(O)C(C)(O)c1cc2nc(-c3cnn(C4CC4)c3)c(N3CCN(Cc4ccc(F)cc4F)CC3)nc2cn1. The molecule has 3 aromatic heterocycles. The summed E-state index contributed by atoms with van der Waals surface area (Å²) in [6.07, 6.45) is 7.59. The molecule has 0 amide bonds. The van der Waals surface area contributed by atoms with Gasteiger partial charge in [-0.25, -0.2) is 18.7 Å². The quantitative estimate of drug-likeness (QED) is 0.359. The molecule has 0 spiro atoms. The molecule has 0 radical (unpaired) electrons. The summed E-state index contributed by atoms with van der Waals surface area (Å²) in [5.74, 6) is -0.406. The second kappa shape index (κ2) is 9.83. The van der Waals surface area contributed by atoms with Crippen molar-refractivity contribution in [3.05, 3.63) is 65.7 Å². The highest BCUT2D eigenvalue weighted by atomic mass is 19.1. The minimum atomic E-state index is -1.60. The van der Waals surface area contributed by atoms with Crippen molar-refractivity contribution in [2.24, 2.45) is 0 Å². The number of halogens is 2. The maximum atomic E-state index is 14.2. The number of fused-ring (bicyclic) bond motifs is 1.